The molecule has 3 aromatic carbocycles. The number of anilines is 1. The Hall–Kier alpha value is -4.27. The summed E-state index contributed by atoms with van der Waals surface area (Å²) in [6.45, 7) is 2.27. The van der Waals surface area contributed by atoms with Gasteiger partial charge in [-0.25, -0.2) is 0 Å². The molecule has 0 aliphatic carbocycles. The van der Waals surface area contributed by atoms with Crippen molar-refractivity contribution in [2.45, 2.75) is 13.1 Å². The van der Waals surface area contributed by atoms with E-state index in [9.17, 15) is 33.3 Å². The second kappa shape index (κ2) is 11.9. The number of carbonyl (C=O) groups is 1. The smallest absolute Gasteiger partial charge is 0.416 e. The summed E-state index contributed by atoms with van der Waals surface area (Å²) in [7, 11) is 0. The number of nitro benzene ring substituents is 1. The van der Waals surface area contributed by atoms with Crippen molar-refractivity contribution in [3.63, 3.8) is 0 Å². The summed E-state index contributed by atoms with van der Waals surface area (Å²) in [4.78, 5) is 23.1. The van der Waals surface area contributed by atoms with Crippen LogP contribution in [0.1, 0.15) is 18.1 Å². The minimum absolute atomic E-state index is 0.0323. The highest BCUT2D eigenvalue weighted by Crippen LogP contribution is 2.42. The van der Waals surface area contributed by atoms with Gasteiger partial charge in [0.15, 0.2) is 5.75 Å². The van der Waals surface area contributed by atoms with Crippen molar-refractivity contribution < 1.29 is 32.4 Å². The molecule has 0 radical (unpaired) electrons. The van der Waals surface area contributed by atoms with Gasteiger partial charge in [0.2, 0.25) is 5.75 Å². The van der Waals surface area contributed by atoms with Crippen molar-refractivity contribution in [2.24, 2.45) is 0 Å². The monoisotopic (exact) mass is 565 g/mol. The molecule has 1 amide bonds. The average Bonchev–Trinajstić information content (AvgIpc) is 2.85. The highest BCUT2D eigenvalue weighted by molar-refractivity contribution is 6.36. The Kier molecular flexibility index (Phi) is 8.83. The molecule has 1 N–H and O–H groups in total. The average molecular weight is 566 g/mol. The highest BCUT2D eigenvalue weighted by Gasteiger charge is 2.33. The van der Waals surface area contributed by atoms with E-state index in [2.05, 4.69) is 5.32 Å². The van der Waals surface area contributed by atoms with Crippen LogP contribution in [0.2, 0.25) is 10.0 Å². The molecule has 3 aromatic rings. The topological polar surface area (TPSA) is 114 Å². The normalized spacial score (nSPS) is 11.4. The summed E-state index contributed by atoms with van der Waals surface area (Å²) >= 11 is 12.3. The zero-order chi connectivity index (χ0) is 28.0. The van der Waals surface area contributed by atoms with Gasteiger partial charge in [-0.2, -0.15) is 18.4 Å². The number of nitrogens with zero attached hydrogens (tertiary/aromatic N) is 2. The summed E-state index contributed by atoms with van der Waals surface area (Å²) in [5, 5.41) is 23.5. The van der Waals surface area contributed by atoms with Crippen LogP contribution in [0.3, 0.4) is 0 Å². The van der Waals surface area contributed by atoms with Gasteiger partial charge in [0.25, 0.3) is 5.91 Å². The number of nitro groups is 1. The number of hydrogen-bond donors (Lipinski definition) is 1. The Morgan fingerprint density at radius 3 is 2.42 bits per heavy atom. The molecule has 13 heteroatoms. The Labute approximate surface area is 223 Å². The van der Waals surface area contributed by atoms with Crippen LogP contribution in [0.15, 0.2) is 60.2 Å². The van der Waals surface area contributed by atoms with Gasteiger partial charge in [0.05, 0.1) is 22.1 Å². The molecule has 0 saturated carbocycles. The van der Waals surface area contributed by atoms with E-state index >= 15 is 0 Å². The molecule has 0 aliphatic heterocycles. The molecule has 0 heterocycles. The summed E-state index contributed by atoms with van der Waals surface area (Å²) < 4.78 is 50.0. The van der Waals surface area contributed by atoms with Crippen LogP contribution in [-0.2, 0) is 11.0 Å². The molecule has 38 heavy (non-hydrogen) atoms. The van der Waals surface area contributed by atoms with E-state index in [-0.39, 0.29) is 21.4 Å². The molecule has 3 rings (SSSR count). The molecule has 0 spiro atoms. The molecule has 0 fully saturated rings. The van der Waals surface area contributed by atoms with Crippen molar-refractivity contribution in [3.05, 3.63) is 91.5 Å². The molecule has 0 atom stereocenters. The Morgan fingerprint density at radius 2 is 1.84 bits per heavy atom. The van der Waals surface area contributed by atoms with Crippen LogP contribution in [0.25, 0.3) is 6.08 Å². The van der Waals surface area contributed by atoms with Gasteiger partial charge in [0.1, 0.15) is 17.4 Å². The van der Waals surface area contributed by atoms with Crippen LogP contribution < -0.4 is 14.8 Å². The first-order valence-electron chi connectivity index (χ1n) is 10.6. The van der Waals surface area contributed by atoms with Crippen LogP contribution >= 0.6 is 23.2 Å². The fourth-order valence-electron chi connectivity index (χ4n) is 3.13. The zero-order valence-electron chi connectivity index (χ0n) is 19.3. The number of ether oxygens (including phenoxy) is 2. The minimum atomic E-state index is -4.83. The van der Waals surface area contributed by atoms with E-state index in [1.54, 1.807) is 30.3 Å². The molecular formula is C25H16Cl2F3N3O5. The second-order valence-corrected chi connectivity index (χ2v) is 8.27. The van der Waals surface area contributed by atoms with Gasteiger partial charge in [0, 0.05) is 22.3 Å². The molecule has 0 bridgehead atoms. The SMILES string of the molecule is CCOc1ccc(NC(=O)/C(C#N)=C/c2cc(Cl)cc(Cl)c2Oc2ccc(C(F)(F)F)cc2[N+](=O)[O-])cc1. The van der Waals surface area contributed by atoms with Crippen LogP contribution in [0.4, 0.5) is 24.5 Å². The van der Waals surface area contributed by atoms with Crippen molar-refractivity contribution in [1.29, 1.82) is 5.26 Å². The molecule has 0 saturated heterocycles. The van der Waals surface area contributed by atoms with Gasteiger partial charge in [-0.15, -0.1) is 0 Å². The Balaban J connectivity index is 1.99. The fraction of sp³-hybridized carbons (Fsp3) is 0.120. The van der Waals surface area contributed by atoms with Gasteiger partial charge < -0.3 is 14.8 Å². The lowest BCUT2D eigenvalue weighted by Crippen LogP contribution is -2.13. The third kappa shape index (κ3) is 6.94. The lowest BCUT2D eigenvalue weighted by molar-refractivity contribution is -0.385. The first-order valence-corrected chi connectivity index (χ1v) is 11.4. The van der Waals surface area contributed by atoms with Gasteiger partial charge >= 0.3 is 11.9 Å². The first-order chi connectivity index (χ1) is 17.9. The predicted octanol–water partition coefficient (Wildman–Crippen LogP) is 7.66. The number of alkyl halides is 3. The number of carbonyl (C=O) groups excluding carboxylic acids is 1. The lowest BCUT2D eigenvalue weighted by Gasteiger charge is -2.14. The Bertz CT molecular complexity index is 1450. The maximum atomic E-state index is 13.0. The molecule has 0 unspecified atom stereocenters. The fourth-order valence-corrected chi connectivity index (χ4v) is 3.68. The van der Waals surface area contributed by atoms with Crippen LogP contribution in [-0.4, -0.2) is 17.4 Å². The maximum absolute atomic E-state index is 13.0. The summed E-state index contributed by atoms with van der Waals surface area (Å²) in [5.74, 6) is -1.06. The van der Waals surface area contributed by atoms with Crippen LogP contribution in [0, 0.1) is 21.4 Å². The molecule has 8 nitrogen and oxygen atoms in total. The Morgan fingerprint density at radius 1 is 1.16 bits per heavy atom. The van der Waals surface area contributed by atoms with Gasteiger partial charge in [-0.1, -0.05) is 23.2 Å². The maximum Gasteiger partial charge on any atom is 0.416 e. The summed E-state index contributed by atoms with van der Waals surface area (Å²) in [6, 6.07) is 12.3. The van der Waals surface area contributed by atoms with E-state index in [4.69, 9.17) is 32.7 Å². The van der Waals surface area contributed by atoms with Crippen molar-refractivity contribution in [2.75, 3.05) is 11.9 Å². The summed E-state index contributed by atoms with van der Waals surface area (Å²) in [5.41, 5.74) is -2.31. The molecule has 0 aliphatic rings. The van der Waals surface area contributed by atoms with Gasteiger partial charge in [-0.3, -0.25) is 14.9 Å². The first kappa shape index (κ1) is 28.3. The third-order valence-electron chi connectivity index (χ3n) is 4.82. The lowest BCUT2D eigenvalue weighted by atomic mass is 10.1. The number of benzene rings is 3. The van der Waals surface area contributed by atoms with E-state index in [0.29, 0.717) is 30.2 Å². The van der Waals surface area contributed by atoms with Crippen molar-refractivity contribution >= 4 is 46.6 Å². The van der Waals surface area contributed by atoms with E-state index in [1.165, 1.54) is 12.1 Å². The second-order valence-electron chi connectivity index (χ2n) is 7.43. The molecule has 196 valence electrons. The van der Waals surface area contributed by atoms with E-state index < -0.39 is 39.6 Å². The standard InChI is InChI=1S/C25H16Cl2F3N3O5/c1-2-37-19-6-4-18(5-7-19)32-24(34)15(13-31)9-14-10-17(26)12-20(27)23(14)38-22-8-3-16(25(28,29)30)11-21(22)33(35)36/h3-12H,2H2,1H3,(H,32,34)/b15-9+. The quantitative estimate of drug-likeness (QED) is 0.130. The minimum Gasteiger partial charge on any atom is -0.494 e. The predicted molar refractivity (Wildman–Crippen MR) is 134 cm³/mol. The zero-order valence-corrected chi connectivity index (χ0v) is 20.8. The number of nitrogens with one attached hydrogen (secondary N) is 1. The number of rotatable bonds is 8. The number of halogens is 5. The summed E-state index contributed by atoms with van der Waals surface area (Å²) in [6.07, 6.45) is -3.75. The van der Waals surface area contributed by atoms with Crippen molar-refractivity contribution in [3.8, 4) is 23.3 Å². The largest absolute Gasteiger partial charge is 0.494 e. The van der Waals surface area contributed by atoms with E-state index in [1.807, 2.05) is 6.92 Å². The van der Waals surface area contributed by atoms with Gasteiger partial charge in [-0.05, 0) is 61.5 Å². The number of amides is 1. The van der Waals surface area contributed by atoms with Crippen LogP contribution in [0.5, 0.6) is 17.2 Å². The third-order valence-corrected chi connectivity index (χ3v) is 5.32. The number of hydrogen-bond acceptors (Lipinski definition) is 6. The molecular weight excluding hydrogens is 550 g/mol. The number of nitriles is 1. The highest BCUT2D eigenvalue weighted by atomic mass is 35.5. The molecule has 0 aromatic heterocycles. The van der Waals surface area contributed by atoms with E-state index in [0.717, 1.165) is 12.1 Å². The van der Waals surface area contributed by atoms with Crippen molar-refractivity contribution in [1.82, 2.24) is 0 Å².